The molecule has 8 rings (SSSR count). The molecule has 0 unspecified atom stereocenters. The van der Waals surface area contributed by atoms with Crippen molar-refractivity contribution in [3.63, 3.8) is 0 Å². The van der Waals surface area contributed by atoms with E-state index in [2.05, 4.69) is 59.8 Å². The number of hydrogen-bond donors (Lipinski definition) is 2. The van der Waals surface area contributed by atoms with Gasteiger partial charge in [-0.15, -0.1) is 11.3 Å². The topological polar surface area (TPSA) is 126 Å². The minimum Gasteiger partial charge on any atom is -0.494 e. The lowest BCUT2D eigenvalue weighted by Crippen LogP contribution is -2.46. The SMILES string of the molecule is Bc1cnc(Nc2cc(-c3cnn(C)c3)c(N3CCN(c4nccs4)CC3)cc2OC)nc1Nc1ccc2nc(C3CC3)ccc2c1P(C)(C)=O. The Morgan fingerprint density at radius 3 is 2.45 bits per heavy atom. The lowest BCUT2D eigenvalue weighted by molar-refractivity contribution is 0.416. The predicted octanol–water partition coefficient (Wildman–Crippen LogP) is 5.09. The third-order valence-electron chi connectivity index (χ3n) is 9.51. The van der Waals surface area contributed by atoms with Gasteiger partial charge in [-0.3, -0.25) is 9.67 Å². The summed E-state index contributed by atoms with van der Waals surface area (Å²) >= 11 is 1.67. The van der Waals surface area contributed by atoms with Crippen molar-refractivity contribution in [1.82, 2.24) is 29.7 Å². The Bertz CT molecular complexity index is 2280. The van der Waals surface area contributed by atoms with Crippen LogP contribution in [0.5, 0.6) is 5.75 Å². The summed E-state index contributed by atoms with van der Waals surface area (Å²) in [6, 6.07) is 12.3. The number of aromatic nitrogens is 6. The minimum atomic E-state index is -2.71. The fourth-order valence-electron chi connectivity index (χ4n) is 6.77. The third kappa shape index (κ3) is 6.78. The summed E-state index contributed by atoms with van der Waals surface area (Å²) in [7, 11) is 2.84. The van der Waals surface area contributed by atoms with E-state index in [1.807, 2.05) is 55.7 Å². The first kappa shape index (κ1) is 33.2. The Morgan fingerprint density at radius 1 is 0.961 bits per heavy atom. The minimum absolute atomic E-state index is 0.401. The summed E-state index contributed by atoms with van der Waals surface area (Å²) in [6.45, 7) is 7.04. The highest BCUT2D eigenvalue weighted by Gasteiger charge is 2.27. The quantitative estimate of drug-likeness (QED) is 0.145. The molecule has 0 radical (unpaired) electrons. The van der Waals surface area contributed by atoms with Crippen LogP contribution in [-0.4, -0.2) is 84.2 Å². The van der Waals surface area contributed by atoms with Crippen LogP contribution in [0.15, 0.2) is 66.6 Å². The molecule has 2 fully saturated rings. The number of aryl methyl sites for hydroxylation is 1. The largest absolute Gasteiger partial charge is 0.494 e. The third-order valence-corrected chi connectivity index (χ3v) is 11.9. The molecule has 6 aromatic rings. The molecule has 1 saturated heterocycles. The molecule has 15 heteroatoms. The van der Waals surface area contributed by atoms with Gasteiger partial charge in [-0.05, 0) is 55.9 Å². The van der Waals surface area contributed by atoms with Gasteiger partial charge < -0.3 is 29.7 Å². The number of anilines is 6. The van der Waals surface area contributed by atoms with Crippen molar-refractivity contribution in [3.05, 3.63) is 72.3 Å². The molecule has 0 amide bonds. The van der Waals surface area contributed by atoms with E-state index in [1.54, 1.807) is 38.0 Å². The van der Waals surface area contributed by atoms with Crippen LogP contribution in [-0.2, 0) is 11.6 Å². The van der Waals surface area contributed by atoms with Crippen molar-refractivity contribution in [3.8, 4) is 16.9 Å². The van der Waals surface area contributed by atoms with Crippen LogP contribution >= 0.6 is 18.5 Å². The number of methoxy groups -OCH3 is 1. The maximum absolute atomic E-state index is 13.8. The molecule has 51 heavy (non-hydrogen) atoms. The molecule has 0 atom stereocenters. The zero-order valence-electron chi connectivity index (χ0n) is 29.4. The van der Waals surface area contributed by atoms with E-state index in [9.17, 15) is 4.57 Å². The number of hydrogen-bond acceptors (Lipinski definition) is 12. The molecular formula is C36H40BN10O2PS. The highest BCUT2D eigenvalue weighted by Crippen LogP contribution is 2.44. The van der Waals surface area contributed by atoms with Gasteiger partial charge >= 0.3 is 0 Å². The van der Waals surface area contributed by atoms with Gasteiger partial charge in [-0.2, -0.15) is 10.1 Å². The van der Waals surface area contributed by atoms with E-state index in [4.69, 9.17) is 14.7 Å². The molecule has 12 nitrogen and oxygen atoms in total. The Balaban J connectivity index is 1.11. The number of ether oxygens (including phenoxy) is 1. The van der Waals surface area contributed by atoms with Gasteiger partial charge in [0.1, 0.15) is 26.6 Å². The number of nitrogens with one attached hydrogen (secondary N) is 2. The molecule has 2 aliphatic rings. The molecule has 0 spiro atoms. The maximum Gasteiger partial charge on any atom is 0.229 e. The molecule has 5 heterocycles. The second kappa shape index (κ2) is 13.3. The number of pyridine rings is 1. The van der Waals surface area contributed by atoms with Crippen LogP contribution in [0.3, 0.4) is 0 Å². The summed E-state index contributed by atoms with van der Waals surface area (Å²) in [5, 5.41) is 16.2. The second-order valence-electron chi connectivity index (χ2n) is 13.6. The van der Waals surface area contributed by atoms with E-state index < -0.39 is 7.14 Å². The van der Waals surface area contributed by atoms with Crippen LogP contribution in [0.2, 0.25) is 0 Å². The second-order valence-corrected chi connectivity index (χ2v) is 17.6. The van der Waals surface area contributed by atoms with Crippen LogP contribution in [0.25, 0.3) is 22.0 Å². The maximum atomic E-state index is 13.8. The van der Waals surface area contributed by atoms with Crippen LogP contribution < -0.4 is 35.9 Å². The highest BCUT2D eigenvalue weighted by atomic mass is 32.1. The fourth-order valence-corrected chi connectivity index (χ4v) is 8.94. The zero-order chi connectivity index (χ0) is 35.3. The number of benzene rings is 2. The average molecular weight is 719 g/mol. The van der Waals surface area contributed by atoms with E-state index in [0.29, 0.717) is 23.4 Å². The van der Waals surface area contributed by atoms with Crippen molar-refractivity contribution in [1.29, 1.82) is 0 Å². The van der Waals surface area contributed by atoms with Gasteiger partial charge in [-0.1, -0.05) is 6.07 Å². The predicted molar refractivity (Wildman–Crippen MR) is 211 cm³/mol. The van der Waals surface area contributed by atoms with Crippen LogP contribution in [0, 0.1) is 0 Å². The van der Waals surface area contributed by atoms with Crippen molar-refractivity contribution < 1.29 is 9.30 Å². The summed E-state index contributed by atoms with van der Waals surface area (Å²) in [6.07, 6.45) is 9.91. The molecule has 1 saturated carbocycles. The normalized spacial score (nSPS) is 15.0. The summed E-state index contributed by atoms with van der Waals surface area (Å²) in [4.78, 5) is 23.7. The first-order valence-corrected chi connectivity index (χ1v) is 20.6. The first-order valence-electron chi connectivity index (χ1n) is 17.1. The number of piperazine rings is 1. The van der Waals surface area contributed by atoms with Gasteiger partial charge in [0.05, 0.1) is 30.2 Å². The van der Waals surface area contributed by atoms with E-state index in [-0.39, 0.29) is 0 Å². The molecular weight excluding hydrogens is 678 g/mol. The van der Waals surface area contributed by atoms with Gasteiger partial charge in [0, 0.05) is 102 Å². The van der Waals surface area contributed by atoms with E-state index in [0.717, 1.165) is 86.9 Å². The molecule has 1 aliphatic heterocycles. The summed E-state index contributed by atoms with van der Waals surface area (Å²) in [5.74, 6) is 2.23. The van der Waals surface area contributed by atoms with Crippen molar-refractivity contribution >= 4 is 82.0 Å². The van der Waals surface area contributed by atoms with Crippen molar-refractivity contribution in [2.45, 2.75) is 18.8 Å². The molecule has 4 aromatic heterocycles. The fraction of sp³-hybridized carbons (Fsp3) is 0.306. The number of fused-ring (bicyclic) bond motifs is 1. The van der Waals surface area contributed by atoms with Gasteiger partial charge in [-0.25, -0.2) is 9.97 Å². The lowest BCUT2D eigenvalue weighted by atomic mass is 9.99. The van der Waals surface area contributed by atoms with Gasteiger partial charge in [0.25, 0.3) is 0 Å². The van der Waals surface area contributed by atoms with Crippen molar-refractivity contribution in [2.75, 3.05) is 67.1 Å². The monoisotopic (exact) mass is 718 g/mol. The van der Waals surface area contributed by atoms with E-state index in [1.165, 1.54) is 12.8 Å². The molecule has 1 aliphatic carbocycles. The summed E-state index contributed by atoms with van der Waals surface area (Å²) < 4.78 is 21.5. The molecule has 260 valence electrons. The Labute approximate surface area is 302 Å². The average Bonchev–Trinajstić information content (AvgIpc) is 3.64. The van der Waals surface area contributed by atoms with Gasteiger partial charge in [0.2, 0.25) is 5.95 Å². The molecule has 2 N–H and O–H groups in total. The Morgan fingerprint density at radius 2 is 1.76 bits per heavy atom. The number of rotatable bonds is 10. The Kier molecular flexibility index (Phi) is 8.67. The lowest BCUT2D eigenvalue weighted by Gasteiger charge is -2.37. The Hall–Kier alpha value is -4.94. The van der Waals surface area contributed by atoms with Crippen LogP contribution in [0.1, 0.15) is 24.5 Å². The first-order chi connectivity index (χ1) is 24.6. The zero-order valence-corrected chi connectivity index (χ0v) is 31.1. The van der Waals surface area contributed by atoms with E-state index >= 15 is 0 Å². The van der Waals surface area contributed by atoms with Crippen molar-refractivity contribution in [2.24, 2.45) is 7.05 Å². The van der Waals surface area contributed by atoms with Gasteiger partial charge in [0.15, 0.2) is 5.13 Å². The highest BCUT2D eigenvalue weighted by molar-refractivity contribution is 7.71. The smallest absolute Gasteiger partial charge is 0.229 e. The molecule has 0 bridgehead atoms. The standard InChI is InChI=1S/C36H40BN10O2PS/c1-45-21-23(19-40-45)25-17-30(32(49-2)18-31(25)46-12-14-47(15-13-46)36-38-11-16-51-36)43-35-39-20-26(37)34(44-35)42-29-10-9-28-24(33(29)50(3,4)48)7-8-27(41-28)22-5-6-22/h7-11,16-22H,5-6,12-15,37H2,1-4H3,(H2,39,42,43,44). The molecule has 2 aromatic carbocycles. The van der Waals surface area contributed by atoms with Crippen LogP contribution in [0.4, 0.5) is 34.0 Å². The number of thiazole rings is 1. The number of nitrogens with zero attached hydrogens (tertiary/aromatic N) is 8. The summed E-state index contributed by atoms with van der Waals surface area (Å²) in [5.41, 5.74) is 7.41.